The zero-order valence-corrected chi connectivity index (χ0v) is 12.7. The Labute approximate surface area is 124 Å². The molecule has 0 aliphatic heterocycles. The maximum absolute atomic E-state index is 4.49. The van der Waals surface area contributed by atoms with Gasteiger partial charge in [0.1, 0.15) is 17.0 Å². The Morgan fingerprint density at radius 2 is 2.24 bits per heavy atom. The van der Waals surface area contributed by atoms with E-state index in [2.05, 4.69) is 31.6 Å². The number of aryl methyl sites for hydroxylation is 2. The van der Waals surface area contributed by atoms with Crippen molar-refractivity contribution < 1.29 is 0 Å². The van der Waals surface area contributed by atoms with Gasteiger partial charge >= 0.3 is 0 Å². The van der Waals surface area contributed by atoms with E-state index in [0.717, 1.165) is 29.6 Å². The van der Waals surface area contributed by atoms with Gasteiger partial charge in [-0.25, -0.2) is 4.98 Å². The van der Waals surface area contributed by atoms with Crippen LogP contribution in [0.1, 0.15) is 29.6 Å². The third kappa shape index (κ3) is 1.37. The second-order valence-corrected chi connectivity index (χ2v) is 6.99. The van der Waals surface area contributed by atoms with Crippen molar-refractivity contribution in [3.05, 3.63) is 22.6 Å². The molecule has 0 spiro atoms. The van der Waals surface area contributed by atoms with Crippen LogP contribution in [0.25, 0.3) is 21.6 Å². The van der Waals surface area contributed by atoms with Gasteiger partial charge in [-0.1, -0.05) is 6.92 Å². The Morgan fingerprint density at radius 1 is 1.33 bits per heavy atom. The molecule has 0 amide bonds. The Bertz CT molecular complexity index is 1010. The quantitative estimate of drug-likeness (QED) is 0.500. The van der Waals surface area contributed by atoms with Crippen LogP contribution in [-0.4, -0.2) is 29.2 Å². The van der Waals surface area contributed by atoms with E-state index in [1.807, 2.05) is 22.8 Å². The summed E-state index contributed by atoms with van der Waals surface area (Å²) in [6.07, 6.45) is 5.17. The highest BCUT2D eigenvalue weighted by molar-refractivity contribution is 7.19. The van der Waals surface area contributed by atoms with Crippen LogP contribution in [-0.2, 0) is 12.8 Å². The Balaban J connectivity index is 2.08. The minimum Gasteiger partial charge on any atom is -0.253 e. The van der Waals surface area contributed by atoms with Crippen molar-refractivity contribution in [2.75, 3.05) is 0 Å². The lowest BCUT2D eigenvalue weighted by molar-refractivity contribution is 0.508. The van der Waals surface area contributed by atoms with Crippen LogP contribution in [0.2, 0.25) is 0 Å². The summed E-state index contributed by atoms with van der Waals surface area (Å²) in [5.41, 5.74) is 2.37. The van der Waals surface area contributed by atoms with Crippen LogP contribution in [0.3, 0.4) is 0 Å². The van der Waals surface area contributed by atoms with Crippen molar-refractivity contribution >= 4 is 33.0 Å². The fraction of sp³-hybridized carbons (Fsp3) is 0.429. The molecular weight excluding hydrogens is 284 g/mol. The van der Waals surface area contributed by atoms with E-state index in [-0.39, 0.29) is 0 Å². The van der Waals surface area contributed by atoms with Crippen LogP contribution in [0.5, 0.6) is 0 Å². The average molecular weight is 298 g/mol. The van der Waals surface area contributed by atoms with Crippen molar-refractivity contribution in [2.45, 2.75) is 33.1 Å². The van der Waals surface area contributed by atoms with Gasteiger partial charge < -0.3 is 0 Å². The molecule has 5 rings (SSSR count). The van der Waals surface area contributed by atoms with Crippen molar-refractivity contribution in [1.82, 2.24) is 29.2 Å². The molecule has 4 heterocycles. The predicted molar refractivity (Wildman–Crippen MR) is 80.8 cm³/mol. The number of fused-ring (bicyclic) bond motifs is 8. The summed E-state index contributed by atoms with van der Waals surface area (Å²) in [4.78, 5) is 7.20. The second-order valence-electron chi connectivity index (χ2n) is 5.91. The first-order chi connectivity index (χ1) is 10.2. The molecule has 21 heavy (non-hydrogen) atoms. The first kappa shape index (κ1) is 11.6. The molecule has 4 aromatic rings. The van der Waals surface area contributed by atoms with Crippen molar-refractivity contribution in [2.24, 2.45) is 5.92 Å². The number of thiophene rings is 1. The van der Waals surface area contributed by atoms with Gasteiger partial charge in [0.15, 0.2) is 5.65 Å². The minimum absolute atomic E-state index is 0.732. The summed E-state index contributed by atoms with van der Waals surface area (Å²) in [6.45, 7) is 4.32. The molecule has 0 saturated carbocycles. The summed E-state index contributed by atoms with van der Waals surface area (Å²) in [5.74, 6) is 2.38. The minimum atomic E-state index is 0.732. The van der Waals surface area contributed by atoms with Crippen LogP contribution in [0.4, 0.5) is 0 Å². The Kier molecular flexibility index (Phi) is 2.10. The first-order valence-electron chi connectivity index (χ1n) is 7.21. The molecule has 0 bridgehead atoms. The number of nitrogens with zero attached hydrogens (tertiary/aromatic N) is 6. The molecule has 0 aromatic carbocycles. The van der Waals surface area contributed by atoms with E-state index in [0.29, 0.717) is 0 Å². The van der Waals surface area contributed by atoms with Gasteiger partial charge in [-0.05, 0) is 37.7 Å². The highest BCUT2D eigenvalue weighted by atomic mass is 32.1. The summed E-state index contributed by atoms with van der Waals surface area (Å²) in [5, 5.41) is 14.1. The summed E-state index contributed by atoms with van der Waals surface area (Å²) in [7, 11) is 0. The molecule has 0 saturated heterocycles. The molecule has 0 N–H and O–H groups in total. The molecule has 7 heteroatoms. The molecule has 1 aliphatic carbocycles. The topological polar surface area (TPSA) is 60.4 Å². The lowest BCUT2D eigenvalue weighted by Crippen LogP contribution is -2.09. The van der Waals surface area contributed by atoms with Crippen LogP contribution >= 0.6 is 11.3 Å². The second kappa shape index (κ2) is 3.79. The van der Waals surface area contributed by atoms with E-state index in [1.165, 1.54) is 33.5 Å². The zero-order chi connectivity index (χ0) is 14.1. The molecule has 106 valence electrons. The Hall–Kier alpha value is -2.02. The third-order valence-corrected chi connectivity index (χ3v) is 5.74. The van der Waals surface area contributed by atoms with Crippen molar-refractivity contribution in [3.8, 4) is 0 Å². The van der Waals surface area contributed by atoms with Gasteiger partial charge in [-0.2, -0.15) is 9.61 Å². The van der Waals surface area contributed by atoms with E-state index in [4.69, 9.17) is 0 Å². The van der Waals surface area contributed by atoms with Crippen molar-refractivity contribution in [1.29, 1.82) is 0 Å². The Morgan fingerprint density at radius 3 is 3.14 bits per heavy atom. The van der Waals surface area contributed by atoms with E-state index < -0.39 is 0 Å². The smallest absolute Gasteiger partial charge is 0.253 e. The predicted octanol–water partition coefficient (Wildman–Crippen LogP) is 2.42. The maximum Gasteiger partial charge on any atom is 0.259 e. The molecule has 1 atom stereocenters. The fourth-order valence-corrected chi connectivity index (χ4v) is 4.80. The van der Waals surface area contributed by atoms with Crippen LogP contribution < -0.4 is 0 Å². The molecule has 4 aromatic heterocycles. The number of hydrogen-bond donors (Lipinski definition) is 0. The van der Waals surface area contributed by atoms with E-state index in [9.17, 15) is 0 Å². The molecule has 0 fully saturated rings. The fourth-order valence-electron chi connectivity index (χ4n) is 3.42. The van der Waals surface area contributed by atoms with Gasteiger partial charge in [-0.15, -0.1) is 21.5 Å². The first-order valence-corrected chi connectivity index (χ1v) is 8.03. The van der Waals surface area contributed by atoms with E-state index >= 15 is 0 Å². The van der Waals surface area contributed by atoms with E-state index in [1.54, 1.807) is 6.33 Å². The summed E-state index contributed by atoms with van der Waals surface area (Å²) < 4.78 is 3.93. The zero-order valence-electron chi connectivity index (χ0n) is 11.9. The monoisotopic (exact) mass is 298 g/mol. The van der Waals surface area contributed by atoms with Crippen LogP contribution in [0.15, 0.2) is 6.33 Å². The lowest BCUT2D eigenvalue weighted by Gasteiger charge is -2.17. The molecule has 6 nitrogen and oxygen atoms in total. The largest absolute Gasteiger partial charge is 0.259 e. The average Bonchev–Trinajstić information content (AvgIpc) is 3.13. The standard InChI is InChI=1S/C14H14N6S/c1-7-3-4-10-9(5-7)11-12-15-6-16-20(12)14-18-17-8(2)19(14)13(11)21-10/h6-7H,3-5H2,1-2H3. The SMILES string of the molecule is Cc1nnc2n3ncnc3c3c4c(sc3n12)CCC(C)C4. The maximum atomic E-state index is 4.49. The lowest BCUT2D eigenvalue weighted by atomic mass is 9.89. The van der Waals surface area contributed by atoms with Gasteiger partial charge in [0, 0.05) is 4.88 Å². The van der Waals surface area contributed by atoms with Gasteiger partial charge in [-0.3, -0.25) is 4.40 Å². The number of hydrogen-bond acceptors (Lipinski definition) is 5. The summed E-state index contributed by atoms with van der Waals surface area (Å²) >= 11 is 1.87. The third-order valence-electron chi connectivity index (χ3n) is 4.46. The normalized spacial score (nSPS) is 18.9. The highest BCUT2D eigenvalue weighted by Crippen LogP contribution is 2.40. The number of rotatable bonds is 0. The molecule has 1 aliphatic rings. The van der Waals surface area contributed by atoms with Gasteiger partial charge in [0.2, 0.25) is 0 Å². The number of aromatic nitrogens is 6. The van der Waals surface area contributed by atoms with Crippen LogP contribution in [0, 0.1) is 12.8 Å². The summed E-state index contributed by atoms with van der Waals surface area (Å²) in [6, 6.07) is 0. The molecule has 1 unspecified atom stereocenters. The molecular formula is C14H14N6S. The van der Waals surface area contributed by atoms with Gasteiger partial charge in [0.05, 0.1) is 5.39 Å². The van der Waals surface area contributed by atoms with Crippen molar-refractivity contribution in [3.63, 3.8) is 0 Å². The highest BCUT2D eigenvalue weighted by Gasteiger charge is 2.25. The molecule has 0 radical (unpaired) electrons. The van der Waals surface area contributed by atoms with Gasteiger partial charge in [0.25, 0.3) is 5.78 Å².